The number of hydrogen-bond acceptors (Lipinski definition) is 4. The molecule has 136 valence electrons. The Morgan fingerprint density at radius 1 is 0.923 bits per heavy atom. The van der Waals surface area contributed by atoms with Crippen LogP contribution in [-0.4, -0.2) is 25.1 Å². The Morgan fingerprint density at radius 2 is 1.58 bits per heavy atom. The molecule has 0 amide bonds. The van der Waals surface area contributed by atoms with Crippen LogP contribution in [0, 0.1) is 5.92 Å². The molecule has 0 saturated heterocycles. The minimum Gasteiger partial charge on any atom is -0.493 e. The lowest BCUT2D eigenvalue weighted by atomic mass is 9.93. The Hall–Kier alpha value is -2.43. The van der Waals surface area contributed by atoms with Gasteiger partial charge in [-0.2, -0.15) is 0 Å². The van der Waals surface area contributed by atoms with Crippen LogP contribution in [0.4, 0.5) is 0 Å². The SMILES string of the molecule is O=CC[C@H]1C=CO[C@H](COCc2ccccc2)[C@@H]1OCc1ccccc1. The van der Waals surface area contributed by atoms with Crippen molar-refractivity contribution in [3.63, 3.8) is 0 Å². The molecule has 0 aromatic heterocycles. The summed E-state index contributed by atoms with van der Waals surface area (Å²) < 4.78 is 17.7. The van der Waals surface area contributed by atoms with Gasteiger partial charge in [0.15, 0.2) is 0 Å². The summed E-state index contributed by atoms with van der Waals surface area (Å²) in [7, 11) is 0. The zero-order valence-corrected chi connectivity index (χ0v) is 14.7. The quantitative estimate of drug-likeness (QED) is 0.642. The zero-order valence-electron chi connectivity index (χ0n) is 14.7. The Bertz CT molecular complexity index is 684. The van der Waals surface area contributed by atoms with Crippen molar-refractivity contribution in [2.45, 2.75) is 31.8 Å². The van der Waals surface area contributed by atoms with E-state index in [0.717, 1.165) is 17.4 Å². The molecule has 3 rings (SSSR count). The highest BCUT2D eigenvalue weighted by atomic mass is 16.6. The Morgan fingerprint density at radius 3 is 2.23 bits per heavy atom. The average Bonchev–Trinajstić information content (AvgIpc) is 2.69. The third kappa shape index (κ3) is 5.28. The average molecular weight is 352 g/mol. The van der Waals surface area contributed by atoms with E-state index in [-0.39, 0.29) is 18.1 Å². The minimum atomic E-state index is -0.239. The maximum Gasteiger partial charge on any atom is 0.148 e. The lowest BCUT2D eigenvalue weighted by Crippen LogP contribution is -2.42. The van der Waals surface area contributed by atoms with Crippen molar-refractivity contribution in [3.05, 3.63) is 84.1 Å². The molecule has 4 nitrogen and oxygen atoms in total. The molecule has 1 heterocycles. The molecule has 0 N–H and O–H groups in total. The van der Waals surface area contributed by atoms with E-state index < -0.39 is 0 Å². The Kier molecular flexibility index (Phi) is 6.99. The first-order chi connectivity index (χ1) is 12.9. The summed E-state index contributed by atoms with van der Waals surface area (Å²) >= 11 is 0. The molecule has 26 heavy (non-hydrogen) atoms. The molecule has 2 aromatic carbocycles. The number of benzene rings is 2. The summed E-state index contributed by atoms with van der Waals surface area (Å²) in [4.78, 5) is 11.0. The predicted octanol–water partition coefficient (Wildman–Crippen LogP) is 3.91. The zero-order chi connectivity index (χ0) is 18.0. The van der Waals surface area contributed by atoms with Crippen molar-refractivity contribution < 1.29 is 19.0 Å². The standard InChI is InChI=1S/C22H24O4/c23-13-11-20-12-14-25-21(17-24-15-18-7-3-1-4-8-18)22(20)26-16-19-9-5-2-6-10-19/h1-10,12-14,20-22H,11,15-17H2/t20-,21+,22+/m0/s1. The van der Waals surface area contributed by atoms with E-state index in [9.17, 15) is 4.79 Å². The van der Waals surface area contributed by atoms with Crippen molar-refractivity contribution in [1.82, 2.24) is 0 Å². The fraction of sp³-hybridized carbons (Fsp3) is 0.318. The molecule has 0 aliphatic carbocycles. The van der Waals surface area contributed by atoms with Crippen LogP contribution in [0.2, 0.25) is 0 Å². The molecule has 3 atom stereocenters. The number of carbonyl (C=O) groups is 1. The highest BCUT2D eigenvalue weighted by molar-refractivity contribution is 5.50. The summed E-state index contributed by atoms with van der Waals surface area (Å²) in [6.45, 7) is 1.41. The number of aldehydes is 1. The van der Waals surface area contributed by atoms with Gasteiger partial charge < -0.3 is 19.0 Å². The van der Waals surface area contributed by atoms with Crippen LogP contribution >= 0.6 is 0 Å². The van der Waals surface area contributed by atoms with E-state index >= 15 is 0 Å². The van der Waals surface area contributed by atoms with Crippen molar-refractivity contribution in [2.24, 2.45) is 5.92 Å². The van der Waals surface area contributed by atoms with Crippen LogP contribution in [0.25, 0.3) is 0 Å². The van der Waals surface area contributed by atoms with Gasteiger partial charge in [-0.05, 0) is 17.2 Å². The molecule has 1 aliphatic rings. The van der Waals surface area contributed by atoms with Crippen LogP contribution in [0.15, 0.2) is 73.0 Å². The van der Waals surface area contributed by atoms with Crippen LogP contribution in [0.1, 0.15) is 17.5 Å². The van der Waals surface area contributed by atoms with Crippen molar-refractivity contribution in [2.75, 3.05) is 6.61 Å². The van der Waals surface area contributed by atoms with Crippen LogP contribution in [-0.2, 0) is 32.2 Å². The smallest absolute Gasteiger partial charge is 0.148 e. The molecule has 0 bridgehead atoms. The first kappa shape index (κ1) is 18.4. The fourth-order valence-corrected chi connectivity index (χ4v) is 3.03. The van der Waals surface area contributed by atoms with E-state index in [4.69, 9.17) is 14.2 Å². The van der Waals surface area contributed by atoms with Gasteiger partial charge in [0.05, 0.1) is 26.1 Å². The molecule has 0 spiro atoms. The summed E-state index contributed by atoms with van der Waals surface area (Å²) in [5.41, 5.74) is 2.21. The van der Waals surface area contributed by atoms with Crippen molar-refractivity contribution in [1.29, 1.82) is 0 Å². The minimum absolute atomic E-state index is 0.00436. The molecule has 2 aromatic rings. The normalized spacial score (nSPS) is 21.9. The van der Waals surface area contributed by atoms with E-state index in [1.807, 2.05) is 66.7 Å². The van der Waals surface area contributed by atoms with Gasteiger partial charge in [-0.25, -0.2) is 0 Å². The highest BCUT2D eigenvalue weighted by Gasteiger charge is 2.33. The molecular weight excluding hydrogens is 328 g/mol. The third-order valence-electron chi connectivity index (χ3n) is 4.41. The van der Waals surface area contributed by atoms with Gasteiger partial charge in [0, 0.05) is 12.3 Å². The Labute approximate surface area is 154 Å². The van der Waals surface area contributed by atoms with E-state index in [2.05, 4.69) is 0 Å². The second-order valence-electron chi connectivity index (χ2n) is 6.33. The molecule has 0 unspecified atom stereocenters. The van der Waals surface area contributed by atoms with E-state index in [0.29, 0.717) is 26.2 Å². The fourth-order valence-electron chi connectivity index (χ4n) is 3.03. The second kappa shape index (κ2) is 9.90. The predicted molar refractivity (Wildman–Crippen MR) is 99.3 cm³/mol. The first-order valence-electron chi connectivity index (χ1n) is 8.90. The summed E-state index contributed by atoms with van der Waals surface area (Å²) in [5.74, 6) is -0.00436. The number of hydrogen-bond donors (Lipinski definition) is 0. The third-order valence-corrected chi connectivity index (χ3v) is 4.41. The number of carbonyl (C=O) groups excluding carboxylic acids is 1. The Balaban J connectivity index is 1.59. The van der Waals surface area contributed by atoms with Gasteiger partial charge in [-0.3, -0.25) is 0 Å². The van der Waals surface area contributed by atoms with Crippen molar-refractivity contribution >= 4 is 6.29 Å². The van der Waals surface area contributed by atoms with Gasteiger partial charge in [-0.1, -0.05) is 60.7 Å². The van der Waals surface area contributed by atoms with Gasteiger partial charge in [-0.15, -0.1) is 0 Å². The van der Waals surface area contributed by atoms with Gasteiger partial charge >= 0.3 is 0 Å². The maximum atomic E-state index is 11.0. The van der Waals surface area contributed by atoms with Crippen molar-refractivity contribution in [3.8, 4) is 0 Å². The first-order valence-corrected chi connectivity index (χ1v) is 8.90. The lowest BCUT2D eigenvalue weighted by Gasteiger charge is -2.34. The van der Waals surface area contributed by atoms with Crippen LogP contribution < -0.4 is 0 Å². The summed E-state index contributed by atoms with van der Waals surface area (Å²) in [6.07, 6.45) is 4.44. The number of rotatable bonds is 9. The summed E-state index contributed by atoms with van der Waals surface area (Å²) in [6, 6.07) is 20.0. The molecule has 4 heteroatoms. The van der Waals surface area contributed by atoms with Crippen LogP contribution in [0.5, 0.6) is 0 Å². The molecular formula is C22H24O4. The second-order valence-corrected chi connectivity index (χ2v) is 6.33. The largest absolute Gasteiger partial charge is 0.493 e. The van der Waals surface area contributed by atoms with Gasteiger partial charge in [0.25, 0.3) is 0 Å². The van der Waals surface area contributed by atoms with E-state index in [1.54, 1.807) is 6.26 Å². The molecule has 0 radical (unpaired) electrons. The topological polar surface area (TPSA) is 44.8 Å². The van der Waals surface area contributed by atoms with Gasteiger partial charge in [0.2, 0.25) is 0 Å². The van der Waals surface area contributed by atoms with E-state index in [1.165, 1.54) is 0 Å². The lowest BCUT2D eigenvalue weighted by molar-refractivity contribution is -0.121. The monoisotopic (exact) mass is 352 g/mol. The molecule has 1 aliphatic heterocycles. The number of ether oxygens (including phenoxy) is 3. The highest BCUT2D eigenvalue weighted by Crippen LogP contribution is 2.25. The summed E-state index contributed by atoms with van der Waals surface area (Å²) in [5, 5.41) is 0. The molecule has 0 fully saturated rings. The van der Waals surface area contributed by atoms with Crippen LogP contribution in [0.3, 0.4) is 0 Å². The van der Waals surface area contributed by atoms with Gasteiger partial charge in [0.1, 0.15) is 18.5 Å². The molecule has 0 saturated carbocycles. The maximum absolute atomic E-state index is 11.0.